The van der Waals surface area contributed by atoms with Crippen LogP contribution in [0.3, 0.4) is 0 Å². The predicted octanol–water partition coefficient (Wildman–Crippen LogP) is 1.41. The van der Waals surface area contributed by atoms with E-state index in [4.69, 9.17) is 9.26 Å². The lowest BCUT2D eigenvalue weighted by atomic mass is 10.1. The molecule has 3 unspecified atom stereocenters. The van der Waals surface area contributed by atoms with E-state index >= 15 is 0 Å². The van der Waals surface area contributed by atoms with Crippen LogP contribution in [0.2, 0.25) is 0 Å². The summed E-state index contributed by atoms with van der Waals surface area (Å²) in [7, 11) is 0. The molecule has 5 nitrogen and oxygen atoms in total. The second-order valence-corrected chi connectivity index (χ2v) is 4.02. The minimum Gasteiger partial charge on any atom is -0.393 e. The molecule has 1 aromatic heterocycles. The molecule has 0 spiro atoms. The Morgan fingerprint density at radius 3 is 2.87 bits per heavy atom. The molecule has 5 heteroatoms. The molecule has 0 aliphatic carbocycles. The molecular weight excluding hydrogens is 196 g/mol. The van der Waals surface area contributed by atoms with Gasteiger partial charge < -0.3 is 14.4 Å². The van der Waals surface area contributed by atoms with Gasteiger partial charge in [-0.25, -0.2) is 0 Å². The Bertz CT molecular complexity index is 302. The highest BCUT2D eigenvalue weighted by atomic mass is 16.5. The van der Waals surface area contributed by atoms with Crippen molar-refractivity contribution in [2.45, 2.75) is 44.8 Å². The predicted molar refractivity (Wildman–Crippen MR) is 52.3 cm³/mol. The Balaban J connectivity index is 2.09. The fraction of sp³-hybridized carbons (Fsp3) is 0.800. The van der Waals surface area contributed by atoms with Crippen LogP contribution in [0.25, 0.3) is 0 Å². The summed E-state index contributed by atoms with van der Waals surface area (Å²) in [5.74, 6) is 0.957. The number of nitrogens with zero attached hydrogens (tertiary/aromatic N) is 2. The Morgan fingerprint density at radius 2 is 2.27 bits per heavy atom. The van der Waals surface area contributed by atoms with Gasteiger partial charge in [-0.05, 0) is 19.8 Å². The van der Waals surface area contributed by atoms with Crippen molar-refractivity contribution in [3.8, 4) is 0 Å². The molecule has 1 fully saturated rings. The molecule has 0 aromatic carbocycles. The molecule has 1 aliphatic rings. The maximum absolute atomic E-state index is 9.39. The SMILES string of the molecule is CC(O)C(C)c1nc(C2CCCO2)no1. The average molecular weight is 212 g/mol. The zero-order valence-corrected chi connectivity index (χ0v) is 9.01. The largest absolute Gasteiger partial charge is 0.393 e. The van der Waals surface area contributed by atoms with E-state index in [0.717, 1.165) is 19.4 Å². The van der Waals surface area contributed by atoms with E-state index in [-0.39, 0.29) is 12.0 Å². The van der Waals surface area contributed by atoms with Crippen LogP contribution in [-0.4, -0.2) is 28.0 Å². The van der Waals surface area contributed by atoms with Crippen LogP contribution < -0.4 is 0 Å². The van der Waals surface area contributed by atoms with Gasteiger partial charge in [-0.1, -0.05) is 12.1 Å². The Kier molecular flexibility index (Phi) is 3.02. The number of hydrogen-bond donors (Lipinski definition) is 1. The molecule has 0 radical (unpaired) electrons. The van der Waals surface area contributed by atoms with Gasteiger partial charge in [0.1, 0.15) is 6.10 Å². The number of hydrogen-bond acceptors (Lipinski definition) is 5. The van der Waals surface area contributed by atoms with E-state index in [1.807, 2.05) is 6.92 Å². The highest BCUT2D eigenvalue weighted by molar-refractivity contribution is 4.98. The minimum absolute atomic E-state index is 0.0244. The van der Waals surface area contributed by atoms with Crippen LogP contribution in [0, 0.1) is 0 Å². The lowest BCUT2D eigenvalue weighted by Crippen LogP contribution is -2.11. The van der Waals surface area contributed by atoms with Crippen LogP contribution in [-0.2, 0) is 4.74 Å². The molecule has 0 bridgehead atoms. The first kappa shape index (κ1) is 10.6. The number of aliphatic hydroxyl groups is 1. The van der Waals surface area contributed by atoms with E-state index in [9.17, 15) is 5.11 Å². The van der Waals surface area contributed by atoms with E-state index in [1.54, 1.807) is 6.92 Å². The smallest absolute Gasteiger partial charge is 0.232 e. The van der Waals surface area contributed by atoms with Crippen molar-refractivity contribution >= 4 is 0 Å². The van der Waals surface area contributed by atoms with Crippen molar-refractivity contribution < 1.29 is 14.4 Å². The van der Waals surface area contributed by atoms with Gasteiger partial charge in [0.25, 0.3) is 0 Å². The van der Waals surface area contributed by atoms with E-state index in [2.05, 4.69) is 10.1 Å². The molecule has 1 saturated heterocycles. The van der Waals surface area contributed by atoms with Crippen molar-refractivity contribution in [1.82, 2.24) is 10.1 Å². The summed E-state index contributed by atoms with van der Waals surface area (Å²) in [6.45, 7) is 4.33. The van der Waals surface area contributed by atoms with Crippen LogP contribution in [0.15, 0.2) is 4.52 Å². The number of aromatic nitrogens is 2. The molecular formula is C10H16N2O3. The van der Waals surface area contributed by atoms with Crippen molar-refractivity contribution in [2.24, 2.45) is 0 Å². The molecule has 1 N–H and O–H groups in total. The molecule has 15 heavy (non-hydrogen) atoms. The van der Waals surface area contributed by atoms with E-state index in [0.29, 0.717) is 11.7 Å². The summed E-state index contributed by atoms with van der Waals surface area (Å²) < 4.78 is 10.5. The number of ether oxygens (including phenoxy) is 1. The molecule has 84 valence electrons. The minimum atomic E-state index is -0.484. The first-order valence-electron chi connectivity index (χ1n) is 5.31. The molecule has 2 rings (SSSR count). The highest BCUT2D eigenvalue weighted by Gasteiger charge is 2.25. The van der Waals surface area contributed by atoms with Crippen molar-refractivity contribution in [3.63, 3.8) is 0 Å². The number of rotatable bonds is 3. The van der Waals surface area contributed by atoms with Crippen LogP contribution in [0.5, 0.6) is 0 Å². The third-order valence-electron chi connectivity index (χ3n) is 2.79. The van der Waals surface area contributed by atoms with Crippen LogP contribution in [0.4, 0.5) is 0 Å². The monoisotopic (exact) mass is 212 g/mol. The summed E-state index contributed by atoms with van der Waals surface area (Å²) in [4.78, 5) is 4.25. The van der Waals surface area contributed by atoms with Crippen molar-refractivity contribution in [3.05, 3.63) is 11.7 Å². The van der Waals surface area contributed by atoms with Gasteiger partial charge in [-0.2, -0.15) is 4.98 Å². The fourth-order valence-electron chi connectivity index (χ4n) is 1.55. The van der Waals surface area contributed by atoms with Crippen molar-refractivity contribution in [2.75, 3.05) is 6.61 Å². The van der Waals surface area contributed by atoms with Crippen LogP contribution >= 0.6 is 0 Å². The molecule has 1 aliphatic heterocycles. The summed E-state index contributed by atoms with van der Waals surface area (Å²) in [5.41, 5.74) is 0. The molecule has 0 saturated carbocycles. The number of aliphatic hydroxyl groups excluding tert-OH is 1. The van der Waals surface area contributed by atoms with Crippen molar-refractivity contribution in [1.29, 1.82) is 0 Å². The third-order valence-corrected chi connectivity index (χ3v) is 2.79. The second-order valence-electron chi connectivity index (χ2n) is 4.02. The summed E-state index contributed by atoms with van der Waals surface area (Å²) >= 11 is 0. The zero-order valence-electron chi connectivity index (χ0n) is 9.01. The van der Waals surface area contributed by atoms with E-state index in [1.165, 1.54) is 0 Å². The van der Waals surface area contributed by atoms with E-state index < -0.39 is 6.10 Å². The summed E-state index contributed by atoms with van der Waals surface area (Å²) in [5, 5.41) is 13.3. The average Bonchev–Trinajstić information content (AvgIpc) is 2.86. The van der Waals surface area contributed by atoms with Gasteiger partial charge in [-0.15, -0.1) is 0 Å². The zero-order chi connectivity index (χ0) is 10.8. The van der Waals surface area contributed by atoms with Gasteiger partial charge in [-0.3, -0.25) is 0 Å². The lowest BCUT2D eigenvalue weighted by Gasteiger charge is -2.08. The first-order valence-corrected chi connectivity index (χ1v) is 5.31. The topological polar surface area (TPSA) is 68.4 Å². The van der Waals surface area contributed by atoms with Gasteiger partial charge in [0, 0.05) is 6.61 Å². The maximum atomic E-state index is 9.39. The Hall–Kier alpha value is -0.940. The highest BCUT2D eigenvalue weighted by Crippen LogP contribution is 2.27. The summed E-state index contributed by atoms with van der Waals surface area (Å²) in [6, 6.07) is 0. The van der Waals surface area contributed by atoms with Gasteiger partial charge in [0.05, 0.1) is 12.0 Å². The lowest BCUT2D eigenvalue weighted by molar-refractivity contribution is 0.103. The van der Waals surface area contributed by atoms with Gasteiger partial charge >= 0.3 is 0 Å². The van der Waals surface area contributed by atoms with Crippen LogP contribution in [0.1, 0.15) is 50.4 Å². The standard InChI is InChI=1S/C10H16N2O3/c1-6(7(2)13)10-11-9(12-15-10)8-4-3-5-14-8/h6-8,13H,3-5H2,1-2H3. The summed E-state index contributed by atoms with van der Waals surface area (Å²) in [6.07, 6.45) is 1.48. The Labute approximate surface area is 88.4 Å². The Morgan fingerprint density at radius 1 is 1.47 bits per heavy atom. The fourth-order valence-corrected chi connectivity index (χ4v) is 1.55. The molecule has 0 amide bonds. The normalized spacial score (nSPS) is 25.4. The molecule has 1 aromatic rings. The molecule has 3 atom stereocenters. The third kappa shape index (κ3) is 2.18. The van der Waals surface area contributed by atoms with Gasteiger partial charge in [0.15, 0.2) is 0 Å². The first-order chi connectivity index (χ1) is 7.18. The quantitative estimate of drug-likeness (QED) is 0.820. The second kappa shape index (κ2) is 4.28. The maximum Gasteiger partial charge on any atom is 0.232 e. The molecule has 2 heterocycles. The van der Waals surface area contributed by atoms with Gasteiger partial charge in [0.2, 0.25) is 11.7 Å².